The molecule has 21 heavy (non-hydrogen) atoms. The van der Waals surface area contributed by atoms with Crippen LogP contribution in [0.15, 0.2) is 18.2 Å². The zero-order chi connectivity index (χ0) is 15.6. The predicted molar refractivity (Wildman–Crippen MR) is 77.2 cm³/mol. The van der Waals surface area contributed by atoms with Crippen LogP contribution in [0.4, 0.5) is 5.69 Å². The van der Waals surface area contributed by atoms with E-state index in [0.717, 1.165) is 6.07 Å². The summed E-state index contributed by atoms with van der Waals surface area (Å²) in [6.07, 6.45) is 0.990. The molecule has 1 saturated heterocycles. The molecule has 1 aromatic carbocycles. The van der Waals surface area contributed by atoms with Crippen molar-refractivity contribution in [2.24, 2.45) is 0 Å². The number of amides is 1. The molecule has 1 fully saturated rings. The van der Waals surface area contributed by atoms with Crippen molar-refractivity contribution >= 4 is 33.0 Å². The van der Waals surface area contributed by atoms with Crippen LogP contribution in [0.1, 0.15) is 23.2 Å². The Kier molecular flexibility index (Phi) is 4.48. The van der Waals surface area contributed by atoms with Crippen LogP contribution in [-0.4, -0.2) is 36.8 Å². The van der Waals surface area contributed by atoms with E-state index in [2.05, 4.69) is 5.32 Å². The standard InChI is InChI=1S/C12H13ClN2O5S/c13-8-3-4-11(15(17)18)10(6-8)12(16)14-9-2-1-5-21(19,20)7-9/h3-4,6,9H,1-2,5,7H2,(H,14,16). The van der Waals surface area contributed by atoms with Gasteiger partial charge in [0.2, 0.25) is 0 Å². The Bertz CT molecular complexity index is 689. The van der Waals surface area contributed by atoms with Crippen LogP contribution in [-0.2, 0) is 9.84 Å². The topological polar surface area (TPSA) is 106 Å². The van der Waals surface area contributed by atoms with E-state index in [4.69, 9.17) is 11.6 Å². The van der Waals surface area contributed by atoms with Gasteiger partial charge in [0.25, 0.3) is 11.6 Å². The van der Waals surface area contributed by atoms with Crippen molar-refractivity contribution in [3.63, 3.8) is 0 Å². The molecule has 1 aliphatic heterocycles. The summed E-state index contributed by atoms with van der Waals surface area (Å²) in [7, 11) is -3.17. The van der Waals surface area contributed by atoms with Gasteiger partial charge in [0.15, 0.2) is 9.84 Å². The first-order valence-electron chi connectivity index (χ1n) is 6.24. The van der Waals surface area contributed by atoms with Crippen LogP contribution in [0.5, 0.6) is 0 Å². The van der Waals surface area contributed by atoms with E-state index in [0.29, 0.717) is 12.8 Å². The summed E-state index contributed by atoms with van der Waals surface area (Å²) in [6, 6.07) is 3.14. The highest BCUT2D eigenvalue weighted by Gasteiger charge is 2.28. The Morgan fingerprint density at radius 2 is 2.14 bits per heavy atom. The van der Waals surface area contributed by atoms with Gasteiger partial charge in [-0.1, -0.05) is 11.6 Å². The number of halogens is 1. The maximum absolute atomic E-state index is 12.1. The van der Waals surface area contributed by atoms with E-state index >= 15 is 0 Å². The Balaban J connectivity index is 2.21. The average Bonchev–Trinajstić information content (AvgIpc) is 2.36. The van der Waals surface area contributed by atoms with Gasteiger partial charge in [0, 0.05) is 17.1 Å². The molecule has 1 atom stereocenters. The van der Waals surface area contributed by atoms with Crippen molar-refractivity contribution < 1.29 is 18.1 Å². The zero-order valence-electron chi connectivity index (χ0n) is 10.9. The lowest BCUT2D eigenvalue weighted by Gasteiger charge is -2.22. The average molecular weight is 333 g/mol. The lowest BCUT2D eigenvalue weighted by atomic mass is 10.1. The predicted octanol–water partition coefficient (Wildman–Crippen LogP) is 1.56. The molecule has 0 aromatic heterocycles. The zero-order valence-corrected chi connectivity index (χ0v) is 12.5. The molecule has 0 spiro atoms. The molecule has 114 valence electrons. The minimum atomic E-state index is -3.17. The summed E-state index contributed by atoms with van der Waals surface area (Å²) in [5, 5.41) is 13.6. The highest BCUT2D eigenvalue weighted by Crippen LogP contribution is 2.23. The summed E-state index contributed by atoms with van der Waals surface area (Å²) in [4.78, 5) is 22.4. The molecule has 1 unspecified atom stereocenters. The number of carbonyl (C=O) groups excluding carboxylic acids is 1. The highest BCUT2D eigenvalue weighted by atomic mass is 35.5. The Labute approximate surface area is 126 Å². The molecule has 2 rings (SSSR count). The van der Waals surface area contributed by atoms with Gasteiger partial charge in [-0.05, 0) is 25.0 Å². The van der Waals surface area contributed by atoms with Crippen molar-refractivity contribution in [2.45, 2.75) is 18.9 Å². The summed E-state index contributed by atoms with van der Waals surface area (Å²) >= 11 is 5.76. The number of benzene rings is 1. The number of nitrogens with zero attached hydrogens (tertiary/aromatic N) is 1. The lowest BCUT2D eigenvalue weighted by molar-refractivity contribution is -0.385. The van der Waals surface area contributed by atoms with Gasteiger partial charge in [-0.2, -0.15) is 0 Å². The van der Waals surface area contributed by atoms with Crippen LogP contribution in [0.3, 0.4) is 0 Å². The number of nitro benzene ring substituents is 1. The van der Waals surface area contributed by atoms with E-state index in [9.17, 15) is 23.3 Å². The van der Waals surface area contributed by atoms with Crippen LogP contribution in [0, 0.1) is 10.1 Å². The van der Waals surface area contributed by atoms with Gasteiger partial charge in [-0.3, -0.25) is 14.9 Å². The van der Waals surface area contributed by atoms with Gasteiger partial charge < -0.3 is 5.32 Å². The maximum Gasteiger partial charge on any atom is 0.282 e. The second kappa shape index (κ2) is 5.98. The van der Waals surface area contributed by atoms with E-state index in [1.165, 1.54) is 12.1 Å². The number of nitro groups is 1. The molecule has 1 N–H and O–H groups in total. The normalized spacial score (nSPS) is 20.7. The van der Waals surface area contributed by atoms with Gasteiger partial charge in [-0.15, -0.1) is 0 Å². The van der Waals surface area contributed by atoms with Crippen molar-refractivity contribution in [1.29, 1.82) is 0 Å². The molecular formula is C12H13ClN2O5S. The Morgan fingerprint density at radius 3 is 2.76 bits per heavy atom. The van der Waals surface area contributed by atoms with Crippen molar-refractivity contribution in [1.82, 2.24) is 5.32 Å². The Hall–Kier alpha value is -1.67. The number of carbonyl (C=O) groups is 1. The molecule has 7 nitrogen and oxygen atoms in total. The van der Waals surface area contributed by atoms with Crippen molar-refractivity contribution in [2.75, 3.05) is 11.5 Å². The monoisotopic (exact) mass is 332 g/mol. The molecule has 0 saturated carbocycles. The first-order valence-corrected chi connectivity index (χ1v) is 8.44. The molecule has 1 aromatic rings. The van der Waals surface area contributed by atoms with Crippen molar-refractivity contribution in [3.05, 3.63) is 38.9 Å². The first-order chi connectivity index (χ1) is 9.78. The molecule has 1 aliphatic rings. The molecule has 9 heteroatoms. The van der Waals surface area contributed by atoms with Crippen LogP contribution < -0.4 is 5.32 Å². The Morgan fingerprint density at radius 1 is 1.43 bits per heavy atom. The van der Waals surface area contributed by atoms with Gasteiger partial charge in [-0.25, -0.2) is 8.42 Å². The third kappa shape index (κ3) is 3.92. The molecule has 1 heterocycles. The SMILES string of the molecule is O=C(NC1CCCS(=O)(=O)C1)c1cc(Cl)ccc1[N+](=O)[O-]. The number of hydrogen-bond donors (Lipinski definition) is 1. The van der Waals surface area contributed by atoms with E-state index in [1.807, 2.05) is 0 Å². The minimum absolute atomic E-state index is 0.108. The molecule has 0 bridgehead atoms. The second-order valence-corrected chi connectivity index (χ2v) is 7.51. The third-order valence-electron chi connectivity index (χ3n) is 3.20. The highest BCUT2D eigenvalue weighted by molar-refractivity contribution is 7.91. The first kappa shape index (κ1) is 15.7. The van der Waals surface area contributed by atoms with Gasteiger partial charge >= 0.3 is 0 Å². The summed E-state index contributed by atoms with van der Waals surface area (Å²) in [6.45, 7) is 0. The van der Waals surface area contributed by atoms with E-state index < -0.39 is 26.7 Å². The fraction of sp³-hybridized carbons (Fsp3) is 0.417. The smallest absolute Gasteiger partial charge is 0.282 e. The fourth-order valence-electron chi connectivity index (χ4n) is 2.25. The molecule has 0 radical (unpaired) electrons. The number of rotatable bonds is 3. The molecule has 0 aliphatic carbocycles. The summed E-state index contributed by atoms with van der Waals surface area (Å²) < 4.78 is 23.1. The summed E-state index contributed by atoms with van der Waals surface area (Å²) in [5.41, 5.74) is -0.536. The quantitative estimate of drug-likeness (QED) is 0.667. The lowest BCUT2D eigenvalue weighted by Crippen LogP contribution is -2.43. The molecule has 1 amide bonds. The van der Waals surface area contributed by atoms with Crippen LogP contribution >= 0.6 is 11.6 Å². The van der Waals surface area contributed by atoms with Crippen LogP contribution in [0.25, 0.3) is 0 Å². The maximum atomic E-state index is 12.1. The van der Waals surface area contributed by atoms with E-state index in [-0.39, 0.29) is 27.8 Å². The van der Waals surface area contributed by atoms with Gasteiger partial charge in [0.1, 0.15) is 5.56 Å². The van der Waals surface area contributed by atoms with Crippen LogP contribution in [0.2, 0.25) is 5.02 Å². The van der Waals surface area contributed by atoms with E-state index in [1.54, 1.807) is 0 Å². The minimum Gasteiger partial charge on any atom is -0.348 e. The van der Waals surface area contributed by atoms with Crippen molar-refractivity contribution in [3.8, 4) is 0 Å². The fourth-order valence-corrected chi connectivity index (χ4v) is 4.06. The number of sulfone groups is 1. The largest absolute Gasteiger partial charge is 0.348 e. The number of nitrogens with one attached hydrogen (secondary N) is 1. The third-order valence-corrected chi connectivity index (χ3v) is 5.25. The molecular weight excluding hydrogens is 320 g/mol. The number of hydrogen-bond acceptors (Lipinski definition) is 5. The second-order valence-electron chi connectivity index (χ2n) is 4.85. The summed E-state index contributed by atoms with van der Waals surface area (Å²) in [5.74, 6) is -0.727. The van der Waals surface area contributed by atoms with Gasteiger partial charge in [0.05, 0.1) is 16.4 Å².